The molecule has 10 heteroatoms. The Morgan fingerprint density at radius 1 is 1.30 bits per heavy atom. The largest absolute Gasteiger partial charge is 0.445 e. The van der Waals surface area contributed by atoms with E-state index in [9.17, 15) is 18.0 Å². The predicted octanol–water partition coefficient (Wildman–Crippen LogP) is 0.0830. The fourth-order valence-corrected chi connectivity index (χ4v) is 2.30. The maximum Gasteiger partial charge on any atom is 0.408 e. The number of ketones is 1. The van der Waals surface area contributed by atoms with Crippen LogP contribution >= 0.6 is 0 Å². The van der Waals surface area contributed by atoms with Crippen LogP contribution in [0.4, 0.5) is 4.79 Å². The molecule has 0 fully saturated rings. The summed E-state index contributed by atoms with van der Waals surface area (Å²) >= 11 is 0. The molecule has 2 atom stereocenters. The van der Waals surface area contributed by atoms with Crippen LogP contribution in [-0.4, -0.2) is 42.7 Å². The Morgan fingerprint density at radius 2 is 1.87 bits per heavy atom. The molecule has 0 saturated heterocycles. The van der Waals surface area contributed by atoms with Crippen molar-refractivity contribution in [1.82, 2.24) is 5.32 Å². The molecule has 8 nitrogen and oxygen atoms in total. The molecule has 1 amide bonds. The Kier molecular flexibility index (Phi) is 9.15. The summed E-state index contributed by atoms with van der Waals surface area (Å²) in [4.78, 5) is 23.4. The molecular formula is C13H18N2O6SZn. The van der Waals surface area contributed by atoms with E-state index >= 15 is 0 Å². The predicted molar refractivity (Wildman–Crippen MR) is 78.6 cm³/mol. The summed E-state index contributed by atoms with van der Waals surface area (Å²) in [6.07, 6.45) is -0.980. The van der Waals surface area contributed by atoms with Crippen LogP contribution in [0.25, 0.3) is 0 Å². The van der Waals surface area contributed by atoms with Crippen LogP contribution in [0.5, 0.6) is 0 Å². The molecule has 0 aliphatic carbocycles. The van der Waals surface area contributed by atoms with Crippen molar-refractivity contribution < 1.29 is 46.8 Å². The van der Waals surface area contributed by atoms with Gasteiger partial charge in [-0.1, -0.05) is 30.3 Å². The third kappa shape index (κ3) is 8.75. The van der Waals surface area contributed by atoms with Gasteiger partial charge in [-0.3, -0.25) is 9.35 Å². The summed E-state index contributed by atoms with van der Waals surface area (Å²) in [6.45, 7) is 1.30. The van der Waals surface area contributed by atoms with Crippen LogP contribution in [0.3, 0.4) is 0 Å². The monoisotopic (exact) mass is 394 g/mol. The number of carbonyl (C=O) groups is 2. The average molecular weight is 396 g/mol. The first-order chi connectivity index (χ1) is 10.2. The van der Waals surface area contributed by atoms with Gasteiger partial charge in [0.1, 0.15) is 18.4 Å². The molecule has 0 radical (unpaired) electrons. The van der Waals surface area contributed by atoms with Crippen molar-refractivity contribution in [3.05, 3.63) is 35.9 Å². The standard InChI is InChI=1S/C13H18N2O6S.Zn/c1-9(14)12(16)11(8-22(18,19)20)15-13(17)21-7-10-5-3-2-4-6-10;/h2-6,9,11H,7-8,14H2,1H3,(H,15,17)(H,18,19,20);. The molecule has 1 aromatic rings. The van der Waals surface area contributed by atoms with Crippen LogP contribution in [0.15, 0.2) is 30.3 Å². The third-order valence-electron chi connectivity index (χ3n) is 2.67. The Bertz CT molecular complexity index is 621. The minimum Gasteiger partial charge on any atom is -0.445 e. The molecular weight excluding hydrogens is 378 g/mol. The number of hydrogen-bond donors (Lipinski definition) is 3. The summed E-state index contributed by atoms with van der Waals surface area (Å²) < 4.78 is 35.5. The van der Waals surface area contributed by atoms with E-state index in [1.54, 1.807) is 30.3 Å². The number of carbonyl (C=O) groups excluding carboxylic acids is 2. The van der Waals surface area contributed by atoms with Gasteiger partial charge in [0.15, 0.2) is 5.78 Å². The van der Waals surface area contributed by atoms with Gasteiger partial charge in [-0.05, 0) is 12.5 Å². The second kappa shape index (κ2) is 9.72. The zero-order valence-electron chi connectivity index (χ0n) is 12.6. The number of nitrogens with one attached hydrogen (secondary N) is 1. The van der Waals surface area contributed by atoms with E-state index in [-0.39, 0.29) is 26.1 Å². The summed E-state index contributed by atoms with van der Waals surface area (Å²) in [5.41, 5.74) is 6.10. The van der Waals surface area contributed by atoms with Gasteiger partial charge >= 0.3 is 6.09 Å². The molecule has 1 aromatic carbocycles. The van der Waals surface area contributed by atoms with E-state index in [1.165, 1.54) is 6.92 Å². The Labute approximate surface area is 147 Å². The zero-order chi connectivity index (χ0) is 16.8. The second-order valence-electron chi connectivity index (χ2n) is 4.70. The molecule has 0 heterocycles. The molecule has 2 unspecified atom stereocenters. The summed E-state index contributed by atoms with van der Waals surface area (Å²) in [7, 11) is -4.46. The molecule has 1 rings (SSSR count). The summed E-state index contributed by atoms with van der Waals surface area (Å²) in [6, 6.07) is 6.31. The first kappa shape index (κ1) is 21.7. The van der Waals surface area contributed by atoms with Crippen molar-refractivity contribution in [3.8, 4) is 0 Å². The molecule has 4 N–H and O–H groups in total. The fourth-order valence-electron chi connectivity index (χ4n) is 1.63. The minimum atomic E-state index is -4.46. The zero-order valence-corrected chi connectivity index (χ0v) is 16.4. The second-order valence-corrected chi connectivity index (χ2v) is 6.20. The maximum atomic E-state index is 11.8. The number of alkyl carbamates (subject to hydrolysis) is 1. The topological polar surface area (TPSA) is 136 Å². The normalized spacial score (nSPS) is 13.3. The average Bonchev–Trinajstić information content (AvgIpc) is 2.43. The van der Waals surface area contributed by atoms with Gasteiger partial charge in [0.25, 0.3) is 10.1 Å². The minimum absolute atomic E-state index is 0. The SMILES string of the molecule is CC(N)C(=O)C(CS(=O)(=O)O)NC(=O)OCc1ccccc1.[Zn]. The Morgan fingerprint density at radius 3 is 2.35 bits per heavy atom. The van der Waals surface area contributed by atoms with Crippen molar-refractivity contribution in [3.63, 3.8) is 0 Å². The van der Waals surface area contributed by atoms with Crippen LogP contribution in [0, 0.1) is 0 Å². The first-order valence-electron chi connectivity index (χ1n) is 6.40. The van der Waals surface area contributed by atoms with Crippen molar-refractivity contribution in [2.24, 2.45) is 5.73 Å². The van der Waals surface area contributed by atoms with E-state index in [0.29, 0.717) is 0 Å². The maximum absolute atomic E-state index is 11.8. The molecule has 23 heavy (non-hydrogen) atoms. The summed E-state index contributed by atoms with van der Waals surface area (Å²) in [5.74, 6) is -1.69. The molecule has 0 aliphatic rings. The van der Waals surface area contributed by atoms with E-state index in [0.717, 1.165) is 5.56 Å². The van der Waals surface area contributed by atoms with E-state index in [4.69, 9.17) is 15.0 Å². The number of benzene rings is 1. The molecule has 124 valence electrons. The quantitative estimate of drug-likeness (QED) is 0.439. The van der Waals surface area contributed by atoms with Gasteiger partial charge in [-0.15, -0.1) is 0 Å². The van der Waals surface area contributed by atoms with Crippen molar-refractivity contribution in [1.29, 1.82) is 0 Å². The van der Waals surface area contributed by atoms with Crippen molar-refractivity contribution in [2.75, 3.05) is 5.75 Å². The first-order valence-corrected chi connectivity index (χ1v) is 8.01. The van der Waals surface area contributed by atoms with Gasteiger partial charge in [-0.2, -0.15) is 8.42 Å². The molecule has 0 aromatic heterocycles. The summed E-state index contributed by atoms with van der Waals surface area (Å²) in [5, 5.41) is 2.10. The Hall–Kier alpha value is -1.35. The van der Waals surface area contributed by atoms with Gasteiger partial charge < -0.3 is 15.8 Å². The number of nitrogens with two attached hydrogens (primary N) is 1. The van der Waals surface area contributed by atoms with Crippen molar-refractivity contribution in [2.45, 2.75) is 25.6 Å². The molecule has 0 saturated carbocycles. The smallest absolute Gasteiger partial charge is 0.408 e. The third-order valence-corrected chi connectivity index (χ3v) is 3.43. The van der Waals surface area contributed by atoms with Gasteiger partial charge in [0.05, 0.1) is 6.04 Å². The van der Waals surface area contributed by atoms with Crippen LogP contribution in [-0.2, 0) is 45.7 Å². The Balaban J connectivity index is 0.00000484. The molecule has 0 spiro atoms. The van der Waals surface area contributed by atoms with Crippen LogP contribution in [0.2, 0.25) is 0 Å². The van der Waals surface area contributed by atoms with Gasteiger partial charge in [-0.25, -0.2) is 4.79 Å². The van der Waals surface area contributed by atoms with Crippen LogP contribution < -0.4 is 11.1 Å². The molecule has 0 aliphatic heterocycles. The van der Waals surface area contributed by atoms with Gasteiger partial charge in [0.2, 0.25) is 0 Å². The van der Waals surface area contributed by atoms with Gasteiger partial charge in [0, 0.05) is 19.5 Å². The van der Waals surface area contributed by atoms with Crippen LogP contribution in [0.1, 0.15) is 12.5 Å². The number of ether oxygens (including phenoxy) is 1. The van der Waals surface area contributed by atoms with E-state index in [1.807, 2.05) is 0 Å². The number of hydrogen-bond acceptors (Lipinski definition) is 6. The number of rotatable bonds is 7. The molecule has 0 bridgehead atoms. The van der Waals surface area contributed by atoms with E-state index < -0.39 is 39.8 Å². The number of Topliss-reactive ketones (excluding diaryl/α,β-unsaturated/α-hetero) is 1. The van der Waals surface area contributed by atoms with E-state index in [2.05, 4.69) is 5.32 Å². The fraction of sp³-hybridized carbons (Fsp3) is 0.385. The number of amides is 1. The van der Waals surface area contributed by atoms with Crippen molar-refractivity contribution >= 4 is 22.0 Å².